The van der Waals surface area contributed by atoms with E-state index in [0.717, 1.165) is 13.1 Å². The van der Waals surface area contributed by atoms with E-state index in [0.29, 0.717) is 31.7 Å². The Balaban J connectivity index is 0.00000312. The number of rotatable bonds is 5. The van der Waals surface area contributed by atoms with E-state index in [9.17, 15) is 13.2 Å². The van der Waals surface area contributed by atoms with Gasteiger partial charge in [0.05, 0.1) is 5.02 Å². The highest BCUT2D eigenvalue weighted by Crippen LogP contribution is 2.26. The van der Waals surface area contributed by atoms with E-state index in [1.54, 1.807) is 24.8 Å². The summed E-state index contributed by atoms with van der Waals surface area (Å²) in [4.78, 5) is 16.6. The summed E-state index contributed by atoms with van der Waals surface area (Å²) in [6, 6.07) is 4.47. The van der Waals surface area contributed by atoms with E-state index in [1.165, 1.54) is 16.4 Å². The van der Waals surface area contributed by atoms with E-state index < -0.39 is 10.0 Å². The Hall–Kier alpha value is -0.860. The highest BCUT2D eigenvalue weighted by molar-refractivity contribution is 7.89. The number of amides is 1. The maximum Gasteiger partial charge on any atom is 0.253 e. The van der Waals surface area contributed by atoms with Crippen molar-refractivity contribution < 1.29 is 13.2 Å². The number of nitrogens with zero attached hydrogens (tertiary/aromatic N) is 3. The molecule has 0 aliphatic carbocycles. The Kier molecular flexibility index (Phi) is 8.15. The van der Waals surface area contributed by atoms with Crippen LogP contribution in [0.3, 0.4) is 0 Å². The van der Waals surface area contributed by atoms with E-state index in [-0.39, 0.29) is 28.2 Å². The normalized spacial score (nSPS) is 16.0. The second-order valence-corrected chi connectivity index (χ2v) is 8.14. The number of carbonyl (C=O) groups is 1. The molecule has 0 aromatic heterocycles. The smallest absolute Gasteiger partial charge is 0.253 e. The largest absolute Gasteiger partial charge is 0.336 e. The molecule has 1 aliphatic heterocycles. The van der Waals surface area contributed by atoms with Crippen LogP contribution < -0.4 is 0 Å². The average Bonchev–Trinajstić information content (AvgIpc) is 2.56. The van der Waals surface area contributed by atoms with E-state index >= 15 is 0 Å². The van der Waals surface area contributed by atoms with E-state index in [4.69, 9.17) is 11.6 Å². The summed E-state index contributed by atoms with van der Waals surface area (Å²) < 4.78 is 26.8. The molecule has 1 aliphatic rings. The molecule has 2 rings (SSSR count). The van der Waals surface area contributed by atoms with Crippen molar-refractivity contribution in [2.45, 2.75) is 18.7 Å². The minimum atomic E-state index is -3.70. The van der Waals surface area contributed by atoms with Gasteiger partial charge in [-0.1, -0.05) is 25.4 Å². The Labute approximate surface area is 161 Å². The molecule has 0 atom stereocenters. The summed E-state index contributed by atoms with van der Waals surface area (Å²) in [7, 11) is -1.69. The number of sulfonamides is 1. The molecule has 1 aromatic rings. The predicted molar refractivity (Wildman–Crippen MR) is 102 cm³/mol. The molecule has 6 nitrogen and oxygen atoms in total. The minimum absolute atomic E-state index is 0. The molecular weight excluding hydrogens is 385 g/mol. The number of hydrogen-bond donors (Lipinski definition) is 0. The highest BCUT2D eigenvalue weighted by atomic mass is 35.5. The van der Waals surface area contributed by atoms with Gasteiger partial charge in [0, 0.05) is 44.8 Å². The number of piperazine rings is 1. The van der Waals surface area contributed by atoms with Gasteiger partial charge in [-0.2, -0.15) is 4.31 Å². The van der Waals surface area contributed by atoms with Gasteiger partial charge < -0.3 is 9.80 Å². The number of hydrogen-bond acceptors (Lipinski definition) is 4. The molecule has 0 spiro atoms. The van der Waals surface area contributed by atoms with Gasteiger partial charge in [-0.25, -0.2) is 8.42 Å². The van der Waals surface area contributed by atoms with Crippen LogP contribution >= 0.6 is 24.0 Å². The van der Waals surface area contributed by atoms with Crippen LogP contribution in [-0.4, -0.2) is 74.7 Å². The predicted octanol–water partition coefficient (Wildman–Crippen LogP) is 2.18. The lowest BCUT2D eigenvalue weighted by Crippen LogP contribution is -2.47. The SMILES string of the molecule is CCN(CC)S(=O)(=O)c1cc(C(=O)N2CCN(C)CC2)ccc1Cl.Cl. The molecule has 25 heavy (non-hydrogen) atoms. The molecule has 0 radical (unpaired) electrons. The second-order valence-electron chi connectivity index (χ2n) is 5.83. The molecule has 1 aromatic carbocycles. The number of likely N-dealkylation sites (N-methyl/N-ethyl adjacent to an activating group) is 1. The van der Waals surface area contributed by atoms with Gasteiger partial charge in [-0.15, -0.1) is 12.4 Å². The monoisotopic (exact) mass is 409 g/mol. The van der Waals surface area contributed by atoms with Crippen molar-refractivity contribution in [1.82, 2.24) is 14.1 Å². The molecule has 0 N–H and O–H groups in total. The van der Waals surface area contributed by atoms with E-state index in [1.807, 2.05) is 7.05 Å². The summed E-state index contributed by atoms with van der Waals surface area (Å²) in [6.07, 6.45) is 0. The molecular formula is C16H25Cl2N3O3S. The Bertz CT molecular complexity index is 701. The fraction of sp³-hybridized carbons (Fsp3) is 0.562. The summed E-state index contributed by atoms with van der Waals surface area (Å²) in [6.45, 7) is 7.14. The molecule has 9 heteroatoms. The van der Waals surface area contributed by atoms with Crippen molar-refractivity contribution in [2.75, 3.05) is 46.3 Å². The Morgan fingerprint density at radius 3 is 2.24 bits per heavy atom. The zero-order chi connectivity index (χ0) is 17.9. The molecule has 1 saturated heterocycles. The van der Waals surface area contributed by atoms with Crippen LogP contribution in [0, 0.1) is 0 Å². The van der Waals surface area contributed by atoms with Crippen LogP contribution in [0.15, 0.2) is 23.1 Å². The lowest BCUT2D eigenvalue weighted by Gasteiger charge is -2.32. The van der Waals surface area contributed by atoms with E-state index in [2.05, 4.69) is 4.90 Å². The quantitative estimate of drug-likeness (QED) is 0.747. The van der Waals surface area contributed by atoms with Crippen molar-refractivity contribution >= 4 is 39.9 Å². The van der Waals surface area contributed by atoms with Crippen molar-refractivity contribution in [1.29, 1.82) is 0 Å². The van der Waals surface area contributed by atoms with Crippen LogP contribution in [-0.2, 0) is 10.0 Å². The average molecular weight is 410 g/mol. The molecule has 0 unspecified atom stereocenters. The molecule has 142 valence electrons. The third kappa shape index (κ3) is 4.86. The van der Waals surface area contributed by atoms with Gasteiger partial charge in [-0.05, 0) is 25.2 Å². The first-order valence-electron chi connectivity index (χ1n) is 8.08. The third-order valence-electron chi connectivity index (χ3n) is 4.29. The van der Waals surface area contributed by atoms with Crippen molar-refractivity contribution in [3.63, 3.8) is 0 Å². The minimum Gasteiger partial charge on any atom is -0.336 e. The fourth-order valence-electron chi connectivity index (χ4n) is 2.73. The summed E-state index contributed by atoms with van der Waals surface area (Å²) in [5.74, 6) is -0.157. The summed E-state index contributed by atoms with van der Waals surface area (Å²) in [5, 5.41) is 0.136. The van der Waals surface area contributed by atoms with Crippen molar-refractivity contribution in [3.8, 4) is 0 Å². The number of benzene rings is 1. The highest BCUT2D eigenvalue weighted by Gasteiger charge is 2.27. The summed E-state index contributed by atoms with van der Waals surface area (Å²) in [5.41, 5.74) is 0.356. The number of carbonyl (C=O) groups excluding carboxylic acids is 1. The van der Waals surface area contributed by atoms with Gasteiger partial charge >= 0.3 is 0 Å². The third-order valence-corrected chi connectivity index (χ3v) is 6.82. The van der Waals surface area contributed by atoms with Crippen LogP contribution in [0.1, 0.15) is 24.2 Å². The molecule has 1 amide bonds. The zero-order valence-electron chi connectivity index (χ0n) is 14.7. The van der Waals surface area contributed by atoms with Crippen LogP contribution in [0.5, 0.6) is 0 Å². The first-order valence-corrected chi connectivity index (χ1v) is 9.90. The van der Waals surface area contributed by atoms with Crippen molar-refractivity contribution in [2.24, 2.45) is 0 Å². The van der Waals surface area contributed by atoms with Crippen LogP contribution in [0.25, 0.3) is 0 Å². The lowest BCUT2D eigenvalue weighted by molar-refractivity contribution is 0.0664. The topological polar surface area (TPSA) is 60.9 Å². The van der Waals surface area contributed by atoms with Crippen LogP contribution in [0.2, 0.25) is 5.02 Å². The van der Waals surface area contributed by atoms with Gasteiger partial charge in [0.25, 0.3) is 5.91 Å². The fourth-order valence-corrected chi connectivity index (χ4v) is 4.69. The van der Waals surface area contributed by atoms with Gasteiger partial charge in [-0.3, -0.25) is 4.79 Å². The molecule has 0 saturated carbocycles. The first-order chi connectivity index (χ1) is 11.3. The standard InChI is InChI=1S/C16H24ClN3O3S.ClH/c1-4-20(5-2)24(22,23)15-12-13(6-7-14(15)17)16(21)19-10-8-18(3)9-11-19;/h6-7,12H,4-5,8-11H2,1-3H3;1H. The van der Waals surface area contributed by atoms with Crippen LogP contribution in [0.4, 0.5) is 0 Å². The van der Waals surface area contributed by atoms with Gasteiger partial charge in [0.2, 0.25) is 10.0 Å². The maximum atomic E-state index is 12.7. The lowest BCUT2D eigenvalue weighted by atomic mass is 10.2. The Morgan fingerprint density at radius 2 is 1.72 bits per heavy atom. The first kappa shape index (κ1) is 22.2. The Morgan fingerprint density at radius 1 is 1.16 bits per heavy atom. The van der Waals surface area contributed by atoms with Crippen molar-refractivity contribution in [3.05, 3.63) is 28.8 Å². The summed E-state index contributed by atoms with van der Waals surface area (Å²) >= 11 is 6.11. The van der Waals surface area contributed by atoms with Gasteiger partial charge in [0.1, 0.15) is 4.90 Å². The van der Waals surface area contributed by atoms with Gasteiger partial charge in [0.15, 0.2) is 0 Å². The molecule has 1 heterocycles. The zero-order valence-corrected chi connectivity index (χ0v) is 17.1. The number of halogens is 2. The second kappa shape index (κ2) is 9.19. The molecule has 0 bridgehead atoms. The molecule has 1 fully saturated rings. The maximum absolute atomic E-state index is 12.7.